The van der Waals surface area contributed by atoms with Crippen LogP contribution in [0.1, 0.15) is 25.7 Å². The fourth-order valence-corrected chi connectivity index (χ4v) is 3.44. The highest BCUT2D eigenvalue weighted by atomic mass is 16.5. The summed E-state index contributed by atoms with van der Waals surface area (Å²) in [7, 11) is 4.38. The molecule has 1 aromatic carbocycles. The molecule has 1 radical (unpaired) electrons. The van der Waals surface area contributed by atoms with Gasteiger partial charge in [-0.05, 0) is 51.9 Å². The van der Waals surface area contributed by atoms with Crippen LogP contribution in [0.25, 0.3) is 0 Å². The van der Waals surface area contributed by atoms with Gasteiger partial charge < -0.3 is 19.9 Å². The minimum absolute atomic E-state index is 0.528. The van der Waals surface area contributed by atoms with E-state index in [9.17, 15) is 0 Å². The normalized spacial score (nSPS) is 21.3. The molecule has 0 unspecified atom stereocenters. The molecule has 1 aromatic rings. The molecule has 2 fully saturated rings. The molecule has 2 heterocycles. The van der Waals surface area contributed by atoms with Gasteiger partial charge in [0.05, 0.1) is 0 Å². The van der Waals surface area contributed by atoms with E-state index in [0.717, 1.165) is 50.9 Å². The SMILES string of the molecule is CN(C)C1CCN(c2cc[c]c(NC3CCOCC3)c2)CC1. The van der Waals surface area contributed by atoms with Crippen LogP contribution in [0.15, 0.2) is 18.2 Å². The molecule has 4 heteroatoms. The molecule has 0 spiro atoms. The lowest BCUT2D eigenvalue weighted by Crippen LogP contribution is -2.42. The summed E-state index contributed by atoms with van der Waals surface area (Å²) in [6, 6.07) is 11.1. The Morgan fingerprint density at radius 2 is 1.91 bits per heavy atom. The molecule has 0 aromatic heterocycles. The first-order chi connectivity index (χ1) is 10.7. The Bertz CT molecular complexity index is 463. The second kappa shape index (κ2) is 7.34. The van der Waals surface area contributed by atoms with Crippen molar-refractivity contribution in [2.24, 2.45) is 0 Å². The maximum atomic E-state index is 5.42. The maximum Gasteiger partial charge on any atom is 0.0485 e. The standard InChI is InChI=1S/C18H28N3O/c1-20(2)17-6-10-21(11-7-17)18-5-3-4-16(14-18)19-15-8-12-22-13-9-15/h3,5,14-15,17,19H,6-13H2,1-2H3. The smallest absolute Gasteiger partial charge is 0.0485 e. The van der Waals surface area contributed by atoms with Gasteiger partial charge >= 0.3 is 0 Å². The van der Waals surface area contributed by atoms with E-state index in [2.05, 4.69) is 53.5 Å². The van der Waals surface area contributed by atoms with Crippen LogP contribution in [0.5, 0.6) is 0 Å². The van der Waals surface area contributed by atoms with E-state index in [1.165, 1.54) is 18.5 Å². The van der Waals surface area contributed by atoms with Crippen molar-refractivity contribution in [1.29, 1.82) is 0 Å². The quantitative estimate of drug-likeness (QED) is 0.925. The van der Waals surface area contributed by atoms with E-state index in [0.29, 0.717) is 6.04 Å². The molecule has 2 aliphatic rings. The van der Waals surface area contributed by atoms with E-state index in [-0.39, 0.29) is 0 Å². The van der Waals surface area contributed by atoms with Gasteiger partial charge in [0.15, 0.2) is 0 Å². The summed E-state index contributed by atoms with van der Waals surface area (Å²) >= 11 is 0. The Hall–Kier alpha value is -1.26. The molecule has 0 saturated carbocycles. The summed E-state index contributed by atoms with van der Waals surface area (Å²) in [6.07, 6.45) is 4.67. The molecular formula is C18H28N3O. The molecule has 0 aliphatic carbocycles. The molecule has 1 N–H and O–H groups in total. The lowest BCUT2D eigenvalue weighted by molar-refractivity contribution is 0.0904. The Morgan fingerprint density at radius 1 is 1.18 bits per heavy atom. The van der Waals surface area contributed by atoms with Crippen LogP contribution < -0.4 is 10.2 Å². The largest absolute Gasteiger partial charge is 0.382 e. The molecule has 22 heavy (non-hydrogen) atoms. The molecule has 121 valence electrons. The average Bonchev–Trinajstić information content (AvgIpc) is 2.56. The van der Waals surface area contributed by atoms with Gasteiger partial charge in [0.2, 0.25) is 0 Å². The maximum absolute atomic E-state index is 5.42. The fourth-order valence-electron chi connectivity index (χ4n) is 3.44. The van der Waals surface area contributed by atoms with E-state index < -0.39 is 0 Å². The Balaban J connectivity index is 1.59. The number of piperidine rings is 1. The predicted molar refractivity (Wildman–Crippen MR) is 91.7 cm³/mol. The van der Waals surface area contributed by atoms with Gasteiger partial charge in [-0.3, -0.25) is 0 Å². The van der Waals surface area contributed by atoms with Crippen molar-refractivity contribution in [3.63, 3.8) is 0 Å². The van der Waals surface area contributed by atoms with Crippen molar-refractivity contribution in [1.82, 2.24) is 4.90 Å². The fraction of sp³-hybridized carbons (Fsp3) is 0.667. The van der Waals surface area contributed by atoms with Crippen molar-refractivity contribution >= 4 is 11.4 Å². The van der Waals surface area contributed by atoms with Crippen molar-refractivity contribution < 1.29 is 4.74 Å². The first kappa shape index (κ1) is 15.6. The second-order valence-electron chi connectivity index (χ2n) is 6.67. The minimum atomic E-state index is 0.528. The van der Waals surface area contributed by atoms with Gasteiger partial charge in [0.25, 0.3) is 0 Å². The molecule has 2 saturated heterocycles. The highest BCUT2D eigenvalue weighted by Gasteiger charge is 2.21. The molecule has 0 amide bonds. The van der Waals surface area contributed by atoms with E-state index >= 15 is 0 Å². The van der Waals surface area contributed by atoms with Gasteiger partial charge in [-0.1, -0.05) is 6.07 Å². The third kappa shape index (κ3) is 3.93. The summed E-state index contributed by atoms with van der Waals surface area (Å²) in [5.41, 5.74) is 2.45. The summed E-state index contributed by atoms with van der Waals surface area (Å²) in [4.78, 5) is 4.86. The highest BCUT2D eigenvalue weighted by Crippen LogP contribution is 2.25. The monoisotopic (exact) mass is 302 g/mol. The van der Waals surface area contributed by atoms with Gasteiger partial charge in [0.1, 0.15) is 0 Å². The van der Waals surface area contributed by atoms with E-state index in [1.807, 2.05) is 0 Å². The van der Waals surface area contributed by atoms with E-state index in [1.54, 1.807) is 0 Å². The van der Waals surface area contributed by atoms with Crippen LogP contribution in [0.3, 0.4) is 0 Å². The van der Waals surface area contributed by atoms with Crippen molar-refractivity contribution in [2.75, 3.05) is 50.6 Å². The zero-order chi connectivity index (χ0) is 15.4. The van der Waals surface area contributed by atoms with Gasteiger partial charge in [-0.25, -0.2) is 0 Å². The average molecular weight is 302 g/mol. The lowest BCUT2D eigenvalue weighted by Gasteiger charge is -2.36. The van der Waals surface area contributed by atoms with E-state index in [4.69, 9.17) is 4.74 Å². The summed E-state index contributed by atoms with van der Waals surface area (Å²) in [5.74, 6) is 0. The molecule has 0 bridgehead atoms. The molecular weight excluding hydrogens is 274 g/mol. The molecule has 2 aliphatic heterocycles. The Morgan fingerprint density at radius 3 is 2.59 bits per heavy atom. The summed E-state index contributed by atoms with van der Waals surface area (Å²) < 4.78 is 5.42. The van der Waals surface area contributed by atoms with Gasteiger partial charge in [-0.15, -0.1) is 0 Å². The van der Waals surface area contributed by atoms with Crippen LogP contribution >= 0.6 is 0 Å². The van der Waals surface area contributed by atoms with Crippen molar-refractivity contribution in [3.05, 3.63) is 24.3 Å². The van der Waals surface area contributed by atoms with Crippen LogP contribution in [0.4, 0.5) is 11.4 Å². The zero-order valence-electron chi connectivity index (χ0n) is 13.8. The topological polar surface area (TPSA) is 27.7 Å². The minimum Gasteiger partial charge on any atom is -0.382 e. The number of nitrogens with zero attached hydrogens (tertiary/aromatic N) is 2. The van der Waals surface area contributed by atoms with Crippen molar-refractivity contribution in [2.45, 2.75) is 37.8 Å². The second-order valence-corrected chi connectivity index (χ2v) is 6.67. The Kier molecular flexibility index (Phi) is 5.21. The summed E-state index contributed by atoms with van der Waals surface area (Å²) in [5, 5.41) is 3.62. The number of nitrogens with one attached hydrogen (secondary N) is 1. The predicted octanol–water partition coefficient (Wildman–Crippen LogP) is 2.61. The molecule has 3 rings (SSSR count). The first-order valence-corrected chi connectivity index (χ1v) is 8.50. The van der Waals surface area contributed by atoms with Gasteiger partial charge in [0, 0.05) is 55.8 Å². The number of benzene rings is 1. The zero-order valence-corrected chi connectivity index (χ0v) is 13.8. The van der Waals surface area contributed by atoms with Crippen molar-refractivity contribution in [3.8, 4) is 0 Å². The first-order valence-electron chi connectivity index (χ1n) is 8.50. The van der Waals surface area contributed by atoms with Crippen LogP contribution in [-0.2, 0) is 4.74 Å². The molecule has 4 nitrogen and oxygen atoms in total. The third-order valence-electron chi connectivity index (χ3n) is 4.93. The van der Waals surface area contributed by atoms with Crippen LogP contribution in [0.2, 0.25) is 0 Å². The number of hydrogen-bond donors (Lipinski definition) is 1. The number of ether oxygens (including phenoxy) is 1. The summed E-state index contributed by atoms with van der Waals surface area (Å²) in [6.45, 7) is 4.03. The Labute approximate surface area is 134 Å². The van der Waals surface area contributed by atoms with Crippen LogP contribution in [0, 0.1) is 6.07 Å². The highest BCUT2D eigenvalue weighted by molar-refractivity contribution is 5.58. The number of rotatable bonds is 4. The number of anilines is 2. The molecule has 0 atom stereocenters. The van der Waals surface area contributed by atoms with Crippen LogP contribution in [-0.4, -0.2) is 57.4 Å². The third-order valence-corrected chi connectivity index (χ3v) is 4.93. The lowest BCUT2D eigenvalue weighted by atomic mass is 10.0. The van der Waals surface area contributed by atoms with Gasteiger partial charge in [-0.2, -0.15) is 0 Å². The number of hydrogen-bond acceptors (Lipinski definition) is 4.